The lowest BCUT2D eigenvalue weighted by Crippen LogP contribution is -2.42. The first-order valence-corrected chi connectivity index (χ1v) is 7.16. The molecule has 0 saturated carbocycles. The van der Waals surface area contributed by atoms with Crippen molar-refractivity contribution >= 4 is 11.8 Å². The largest absolute Gasteiger partial charge is 0.373 e. The average molecular weight is 263 g/mol. The molecule has 1 unspecified atom stereocenters. The molecule has 0 spiro atoms. The van der Waals surface area contributed by atoms with Gasteiger partial charge in [0.05, 0.1) is 0 Å². The molecule has 2 rings (SSSR count). The third-order valence-corrected chi connectivity index (χ3v) is 3.90. The second-order valence-electron chi connectivity index (χ2n) is 5.29. The minimum absolute atomic E-state index is 0.715. The van der Waals surface area contributed by atoms with E-state index in [2.05, 4.69) is 39.1 Å². The normalized spacial score (nSPS) is 20.3. The van der Waals surface area contributed by atoms with Crippen LogP contribution in [0.15, 0.2) is 12.3 Å². The van der Waals surface area contributed by atoms with Crippen molar-refractivity contribution in [3.05, 3.63) is 12.3 Å². The number of likely N-dealkylation sites (N-methyl/N-ethyl adjacent to an activating group) is 1. The molecule has 0 radical (unpaired) electrons. The van der Waals surface area contributed by atoms with Crippen molar-refractivity contribution in [3.8, 4) is 0 Å². The molecule has 0 amide bonds. The number of anilines is 2. The predicted molar refractivity (Wildman–Crippen MR) is 79.7 cm³/mol. The van der Waals surface area contributed by atoms with Gasteiger partial charge in [-0.15, -0.1) is 0 Å². The molecule has 0 aliphatic carbocycles. The summed E-state index contributed by atoms with van der Waals surface area (Å²) in [5.41, 5.74) is 0. The summed E-state index contributed by atoms with van der Waals surface area (Å²) in [6.45, 7) is 5.62. The number of rotatable bonds is 5. The number of likely N-dealkylation sites (tertiary alicyclic amines) is 1. The third-order valence-electron chi connectivity index (χ3n) is 3.90. The van der Waals surface area contributed by atoms with Crippen molar-refractivity contribution in [2.75, 3.05) is 43.9 Å². The number of hydrogen-bond donors (Lipinski definition) is 1. The molecule has 1 aliphatic rings. The fourth-order valence-corrected chi connectivity index (χ4v) is 2.54. The van der Waals surface area contributed by atoms with E-state index in [0.717, 1.165) is 24.9 Å². The first kappa shape index (κ1) is 14.1. The smallest absolute Gasteiger partial charge is 0.227 e. The molecular weight excluding hydrogens is 238 g/mol. The summed E-state index contributed by atoms with van der Waals surface area (Å²) < 4.78 is 0. The van der Waals surface area contributed by atoms with E-state index in [4.69, 9.17) is 0 Å². The number of aromatic nitrogens is 2. The fourth-order valence-electron chi connectivity index (χ4n) is 2.54. The summed E-state index contributed by atoms with van der Waals surface area (Å²) in [7, 11) is 3.94. The van der Waals surface area contributed by atoms with E-state index in [0.29, 0.717) is 6.04 Å². The Balaban J connectivity index is 1.87. The topological polar surface area (TPSA) is 44.3 Å². The van der Waals surface area contributed by atoms with Gasteiger partial charge in [-0.2, -0.15) is 4.98 Å². The summed E-state index contributed by atoms with van der Waals surface area (Å²) >= 11 is 0. The van der Waals surface area contributed by atoms with Gasteiger partial charge in [-0.25, -0.2) is 4.98 Å². The summed E-state index contributed by atoms with van der Waals surface area (Å²) in [5, 5.41) is 3.05. The maximum Gasteiger partial charge on any atom is 0.227 e. The maximum atomic E-state index is 4.46. The van der Waals surface area contributed by atoms with Crippen molar-refractivity contribution in [2.45, 2.75) is 32.2 Å². The lowest BCUT2D eigenvalue weighted by molar-refractivity contribution is 0.165. The van der Waals surface area contributed by atoms with Gasteiger partial charge < -0.3 is 10.2 Å². The van der Waals surface area contributed by atoms with Crippen LogP contribution in [0.1, 0.15) is 26.2 Å². The standard InChI is InChI=1S/C14H25N5/c1-12-6-4-5-9-19(12)11-10-18(3)14-16-8-7-13(15-2)17-14/h7-8,12H,4-6,9-11H2,1-3H3,(H,15,16,17). The van der Waals surface area contributed by atoms with Crippen LogP contribution in [0.4, 0.5) is 11.8 Å². The van der Waals surface area contributed by atoms with E-state index < -0.39 is 0 Å². The number of hydrogen-bond acceptors (Lipinski definition) is 5. The fraction of sp³-hybridized carbons (Fsp3) is 0.714. The van der Waals surface area contributed by atoms with Gasteiger partial charge in [-0.05, 0) is 32.4 Å². The molecule has 1 aromatic rings. The van der Waals surface area contributed by atoms with E-state index in [1.54, 1.807) is 6.20 Å². The van der Waals surface area contributed by atoms with Crippen LogP contribution in [-0.2, 0) is 0 Å². The highest BCUT2D eigenvalue weighted by atomic mass is 15.3. The Morgan fingerprint density at radius 1 is 1.47 bits per heavy atom. The molecule has 1 aromatic heterocycles. The molecule has 19 heavy (non-hydrogen) atoms. The zero-order valence-electron chi connectivity index (χ0n) is 12.3. The molecule has 1 fully saturated rings. The molecule has 1 atom stereocenters. The molecule has 5 nitrogen and oxygen atoms in total. The molecule has 1 saturated heterocycles. The van der Waals surface area contributed by atoms with Crippen LogP contribution in [-0.4, -0.2) is 54.6 Å². The highest BCUT2D eigenvalue weighted by molar-refractivity contribution is 5.40. The SMILES string of the molecule is CNc1ccnc(N(C)CCN2CCCCC2C)n1. The predicted octanol–water partition coefficient (Wildman–Crippen LogP) is 1.83. The van der Waals surface area contributed by atoms with Gasteiger partial charge in [0.1, 0.15) is 5.82 Å². The molecule has 106 valence electrons. The monoisotopic (exact) mass is 263 g/mol. The second kappa shape index (κ2) is 6.70. The van der Waals surface area contributed by atoms with Crippen LogP contribution in [0.3, 0.4) is 0 Å². The first-order valence-electron chi connectivity index (χ1n) is 7.16. The van der Waals surface area contributed by atoms with Gasteiger partial charge in [0.15, 0.2) is 0 Å². The first-order chi connectivity index (χ1) is 9.20. The Morgan fingerprint density at radius 3 is 3.05 bits per heavy atom. The van der Waals surface area contributed by atoms with E-state index in [-0.39, 0.29) is 0 Å². The van der Waals surface area contributed by atoms with Gasteiger partial charge in [0.25, 0.3) is 0 Å². The van der Waals surface area contributed by atoms with Gasteiger partial charge in [-0.1, -0.05) is 6.42 Å². The summed E-state index contributed by atoms with van der Waals surface area (Å²) in [6, 6.07) is 2.59. The molecule has 0 aromatic carbocycles. The zero-order valence-corrected chi connectivity index (χ0v) is 12.3. The molecule has 1 N–H and O–H groups in total. The Hall–Kier alpha value is -1.36. The Labute approximate surface area is 116 Å². The molecule has 0 bridgehead atoms. The van der Waals surface area contributed by atoms with Crippen LogP contribution in [0.5, 0.6) is 0 Å². The van der Waals surface area contributed by atoms with Crippen molar-refractivity contribution in [3.63, 3.8) is 0 Å². The van der Waals surface area contributed by atoms with Gasteiger partial charge >= 0.3 is 0 Å². The molecule has 5 heteroatoms. The van der Waals surface area contributed by atoms with E-state index in [1.165, 1.54) is 25.8 Å². The van der Waals surface area contributed by atoms with E-state index in [9.17, 15) is 0 Å². The summed E-state index contributed by atoms with van der Waals surface area (Å²) in [4.78, 5) is 13.5. The Kier molecular flexibility index (Phi) is 4.96. The third kappa shape index (κ3) is 3.80. The Morgan fingerprint density at radius 2 is 2.32 bits per heavy atom. The van der Waals surface area contributed by atoms with Crippen LogP contribution < -0.4 is 10.2 Å². The van der Waals surface area contributed by atoms with Crippen molar-refractivity contribution in [1.29, 1.82) is 0 Å². The summed E-state index contributed by atoms with van der Waals surface area (Å²) in [6.07, 6.45) is 5.84. The lowest BCUT2D eigenvalue weighted by Gasteiger charge is -2.34. The lowest BCUT2D eigenvalue weighted by atomic mass is 10.0. The van der Waals surface area contributed by atoms with Crippen LogP contribution in [0.25, 0.3) is 0 Å². The van der Waals surface area contributed by atoms with Crippen LogP contribution >= 0.6 is 0 Å². The molecular formula is C14H25N5. The van der Waals surface area contributed by atoms with Gasteiger partial charge in [0, 0.05) is 39.4 Å². The highest BCUT2D eigenvalue weighted by Crippen LogP contribution is 2.16. The van der Waals surface area contributed by atoms with Crippen LogP contribution in [0.2, 0.25) is 0 Å². The summed E-state index contributed by atoms with van der Waals surface area (Å²) in [5.74, 6) is 1.65. The minimum Gasteiger partial charge on any atom is -0.373 e. The van der Waals surface area contributed by atoms with Crippen molar-refractivity contribution < 1.29 is 0 Å². The van der Waals surface area contributed by atoms with Crippen molar-refractivity contribution in [2.24, 2.45) is 0 Å². The Bertz CT molecular complexity index is 395. The van der Waals surface area contributed by atoms with Gasteiger partial charge in [-0.3, -0.25) is 4.90 Å². The quantitative estimate of drug-likeness (QED) is 0.878. The van der Waals surface area contributed by atoms with Gasteiger partial charge in [0.2, 0.25) is 5.95 Å². The highest BCUT2D eigenvalue weighted by Gasteiger charge is 2.18. The molecule has 1 aliphatic heterocycles. The number of piperidine rings is 1. The zero-order chi connectivity index (χ0) is 13.7. The number of nitrogens with one attached hydrogen (secondary N) is 1. The maximum absolute atomic E-state index is 4.46. The number of nitrogens with zero attached hydrogens (tertiary/aromatic N) is 4. The molecule has 2 heterocycles. The second-order valence-corrected chi connectivity index (χ2v) is 5.29. The van der Waals surface area contributed by atoms with E-state index >= 15 is 0 Å². The average Bonchev–Trinajstić information content (AvgIpc) is 2.46. The minimum atomic E-state index is 0.715. The van der Waals surface area contributed by atoms with Crippen LogP contribution in [0, 0.1) is 0 Å². The van der Waals surface area contributed by atoms with E-state index in [1.807, 2.05) is 13.1 Å². The van der Waals surface area contributed by atoms with Crippen molar-refractivity contribution in [1.82, 2.24) is 14.9 Å².